The van der Waals surface area contributed by atoms with Gasteiger partial charge in [-0.1, -0.05) is 41.9 Å². The molecule has 0 saturated heterocycles. The Morgan fingerprint density at radius 1 is 1.11 bits per heavy atom. The van der Waals surface area contributed by atoms with E-state index in [1.54, 1.807) is 50.4 Å². The Labute approximate surface area is 216 Å². The molecule has 0 aliphatic rings. The number of halogens is 1. The molecule has 0 aliphatic heterocycles. The number of sulfonamides is 1. The summed E-state index contributed by atoms with van der Waals surface area (Å²) in [5.41, 5.74) is 1.96. The van der Waals surface area contributed by atoms with Gasteiger partial charge >= 0.3 is 0 Å². The third kappa shape index (κ3) is 8.24. The second-order valence-electron chi connectivity index (χ2n) is 8.89. The molecule has 2 amide bonds. The molecule has 2 aromatic rings. The summed E-state index contributed by atoms with van der Waals surface area (Å²) in [5, 5.41) is 2.86. The maximum absolute atomic E-state index is 13.6. The Morgan fingerprint density at radius 2 is 1.80 bits per heavy atom. The van der Waals surface area contributed by atoms with Gasteiger partial charge in [-0.15, -0.1) is 0 Å². The summed E-state index contributed by atoms with van der Waals surface area (Å²) in [4.78, 5) is 27.8. The normalized spacial score (nSPS) is 12.2. The van der Waals surface area contributed by atoms with Gasteiger partial charge in [0, 0.05) is 17.6 Å². The molecule has 1 atom stereocenters. The predicted molar refractivity (Wildman–Crippen MR) is 142 cm³/mol. The minimum atomic E-state index is -3.78. The molecule has 0 bridgehead atoms. The summed E-state index contributed by atoms with van der Waals surface area (Å²) in [7, 11) is -2.23. The fourth-order valence-corrected chi connectivity index (χ4v) is 4.49. The Morgan fingerprint density at radius 3 is 2.37 bits per heavy atom. The molecule has 0 aromatic heterocycles. The molecule has 10 heteroatoms. The molecule has 2 aromatic carbocycles. The Kier molecular flexibility index (Phi) is 10.1. The monoisotopic (exact) mass is 567 g/mol. The van der Waals surface area contributed by atoms with E-state index >= 15 is 0 Å². The second-order valence-corrected chi connectivity index (χ2v) is 11.7. The molecule has 1 N–H and O–H groups in total. The number of hydrogen-bond donors (Lipinski definition) is 1. The number of carbonyl (C=O) groups is 2. The van der Waals surface area contributed by atoms with Crippen LogP contribution in [-0.4, -0.2) is 57.6 Å². The van der Waals surface area contributed by atoms with Crippen molar-refractivity contribution in [1.29, 1.82) is 0 Å². The zero-order valence-corrected chi connectivity index (χ0v) is 23.4. The summed E-state index contributed by atoms with van der Waals surface area (Å²) in [6, 6.07) is 11.5. The van der Waals surface area contributed by atoms with Crippen LogP contribution >= 0.6 is 15.9 Å². The number of amides is 2. The second kappa shape index (κ2) is 12.4. The number of rotatable bonds is 11. The third-order valence-electron chi connectivity index (χ3n) is 5.45. The highest BCUT2D eigenvalue weighted by Gasteiger charge is 2.30. The van der Waals surface area contributed by atoms with Gasteiger partial charge in [-0.3, -0.25) is 13.9 Å². The van der Waals surface area contributed by atoms with Crippen LogP contribution in [0.25, 0.3) is 0 Å². The molecule has 0 aliphatic carbocycles. The van der Waals surface area contributed by atoms with Gasteiger partial charge in [0.2, 0.25) is 21.8 Å². The van der Waals surface area contributed by atoms with E-state index in [1.165, 1.54) is 4.90 Å². The van der Waals surface area contributed by atoms with E-state index in [1.807, 2.05) is 26.8 Å². The number of aryl methyl sites for hydroxylation is 1. The number of methoxy groups -OCH3 is 1. The van der Waals surface area contributed by atoms with Gasteiger partial charge in [0.25, 0.3) is 0 Å². The van der Waals surface area contributed by atoms with Gasteiger partial charge in [0.1, 0.15) is 18.3 Å². The van der Waals surface area contributed by atoms with Crippen molar-refractivity contribution in [3.63, 3.8) is 0 Å². The van der Waals surface area contributed by atoms with Gasteiger partial charge in [-0.05, 0) is 61.2 Å². The van der Waals surface area contributed by atoms with Crippen molar-refractivity contribution >= 4 is 43.5 Å². The van der Waals surface area contributed by atoms with Crippen molar-refractivity contribution in [3.05, 3.63) is 58.1 Å². The Balaban J connectivity index is 2.40. The van der Waals surface area contributed by atoms with Crippen LogP contribution in [0.5, 0.6) is 5.75 Å². The van der Waals surface area contributed by atoms with Gasteiger partial charge < -0.3 is 15.0 Å². The maximum Gasteiger partial charge on any atom is 0.244 e. The SMILES string of the molecule is COc1cccc(CN(C(=O)CN(c2ccc(Br)c(C)c2)S(C)(=O)=O)[C@@H](C)C(=O)NCC(C)C)c1. The minimum Gasteiger partial charge on any atom is -0.497 e. The van der Waals surface area contributed by atoms with Crippen molar-refractivity contribution in [2.45, 2.75) is 40.3 Å². The topological polar surface area (TPSA) is 96.0 Å². The smallest absolute Gasteiger partial charge is 0.244 e. The fourth-order valence-electron chi connectivity index (χ4n) is 3.40. The first kappa shape index (κ1) is 28.6. The van der Waals surface area contributed by atoms with Crippen LogP contribution in [0.1, 0.15) is 31.9 Å². The summed E-state index contributed by atoms with van der Waals surface area (Å²) >= 11 is 3.41. The van der Waals surface area contributed by atoms with E-state index in [0.717, 1.165) is 26.2 Å². The molecule has 0 heterocycles. The van der Waals surface area contributed by atoms with Gasteiger partial charge in [-0.2, -0.15) is 0 Å². The van der Waals surface area contributed by atoms with E-state index in [4.69, 9.17) is 4.74 Å². The van der Waals surface area contributed by atoms with Crippen LogP contribution in [0.4, 0.5) is 5.69 Å². The van der Waals surface area contributed by atoms with Crippen molar-refractivity contribution in [1.82, 2.24) is 10.2 Å². The number of benzene rings is 2. The molecule has 0 saturated carbocycles. The lowest BCUT2D eigenvalue weighted by atomic mass is 10.1. The van der Waals surface area contributed by atoms with Gasteiger partial charge in [0.15, 0.2) is 0 Å². The Bertz CT molecular complexity index is 1150. The summed E-state index contributed by atoms with van der Waals surface area (Å²) in [6.07, 6.45) is 1.06. The van der Waals surface area contributed by atoms with Crippen LogP contribution in [0.3, 0.4) is 0 Å². The molecule has 8 nitrogen and oxygen atoms in total. The molecule has 0 spiro atoms. The van der Waals surface area contributed by atoms with Crippen LogP contribution in [-0.2, 0) is 26.2 Å². The molecule has 2 rings (SSSR count). The zero-order chi connectivity index (χ0) is 26.3. The third-order valence-corrected chi connectivity index (χ3v) is 7.48. The summed E-state index contributed by atoms with van der Waals surface area (Å²) < 4.78 is 32.5. The lowest BCUT2D eigenvalue weighted by molar-refractivity contribution is -0.139. The quantitative estimate of drug-likeness (QED) is 0.446. The molecule has 0 radical (unpaired) electrons. The zero-order valence-electron chi connectivity index (χ0n) is 21.0. The van der Waals surface area contributed by atoms with Crippen molar-refractivity contribution < 1.29 is 22.7 Å². The largest absolute Gasteiger partial charge is 0.497 e. The molecular weight excluding hydrogens is 534 g/mol. The van der Waals surface area contributed by atoms with Crippen molar-refractivity contribution in [3.8, 4) is 5.75 Å². The molecule has 0 unspecified atom stereocenters. The van der Waals surface area contributed by atoms with Crippen molar-refractivity contribution in [2.24, 2.45) is 5.92 Å². The van der Waals surface area contributed by atoms with Crippen molar-refractivity contribution in [2.75, 3.05) is 30.8 Å². The first-order valence-corrected chi connectivity index (χ1v) is 13.9. The predicted octanol–water partition coefficient (Wildman–Crippen LogP) is 3.72. The lowest BCUT2D eigenvalue weighted by Crippen LogP contribution is -2.51. The van der Waals surface area contributed by atoms with Crippen LogP contribution in [0.2, 0.25) is 0 Å². The molecule has 192 valence electrons. The Hall–Kier alpha value is -2.59. The van der Waals surface area contributed by atoms with E-state index in [2.05, 4.69) is 21.2 Å². The molecule has 35 heavy (non-hydrogen) atoms. The van der Waals surface area contributed by atoms with E-state index in [-0.39, 0.29) is 18.4 Å². The number of hydrogen-bond acceptors (Lipinski definition) is 5. The van der Waals surface area contributed by atoms with E-state index in [9.17, 15) is 18.0 Å². The van der Waals surface area contributed by atoms with E-state index < -0.39 is 28.5 Å². The molecule has 0 fully saturated rings. The first-order valence-electron chi connectivity index (χ1n) is 11.3. The van der Waals surface area contributed by atoms with E-state index in [0.29, 0.717) is 18.0 Å². The van der Waals surface area contributed by atoms with Crippen LogP contribution in [0.15, 0.2) is 46.9 Å². The fraction of sp³-hybridized carbons (Fsp3) is 0.440. The summed E-state index contributed by atoms with van der Waals surface area (Å²) in [6.45, 7) is 7.59. The number of carbonyl (C=O) groups excluding carboxylic acids is 2. The van der Waals surface area contributed by atoms with Crippen LogP contribution < -0.4 is 14.4 Å². The highest BCUT2D eigenvalue weighted by atomic mass is 79.9. The lowest BCUT2D eigenvalue weighted by Gasteiger charge is -2.31. The van der Waals surface area contributed by atoms with Gasteiger partial charge in [0.05, 0.1) is 19.1 Å². The number of nitrogens with zero attached hydrogens (tertiary/aromatic N) is 2. The highest BCUT2D eigenvalue weighted by molar-refractivity contribution is 9.10. The maximum atomic E-state index is 13.6. The number of anilines is 1. The van der Waals surface area contributed by atoms with Crippen LogP contribution in [0, 0.1) is 12.8 Å². The number of ether oxygens (including phenoxy) is 1. The number of nitrogens with one attached hydrogen (secondary N) is 1. The average Bonchev–Trinajstić information content (AvgIpc) is 2.80. The highest BCUT2D eigenvalue weighted by Crippen LogP contribution is 2.25. The first-order chi connectivity index (χ1) is 16.3. The average molecular weight is 569 g/mol. The summed E-state index contributed by atoms with van der Waals surface area (Å²) in [5.74, 6) is 0.0660. The molecular formula is C25H34BrN3O5S. The standard InChI is InChI=1S/C25H34BrN3O5S/c1-17(2)14-27-25(31)19(4)28(15-20-8-7-9-22(13-20)34-5)24(30)16-29(35(6,32)33)21-10-11-23(26)18(3)12-21/h7-13,17,19H,14-16H2,1-6H3,(H,27,31)/t19-/m0/s1. The minimum absolute atomic E-state index is 0.114. The van der Waals surface area contributed by atoms with Gasteiger partial charge in [-0.25, -0.2) is 8.42 Å².